The fraction of sp³-hybridized carbons (Fsp3) is 0.500. The van der Waals surface area contributed by atoms with Gasteiger partial charge in [-0.3, -0.25) is 10.1 Å². The first-order valence-corrected chi connectivity index (χ1v) is 6.95. The van der Waals surface area contributed by atoms with E-state index in [1.54, 1.807) is 6.07 Å². The molecule has 0 spiro atoms. The van der Waals surface area contributed by atoms with E-state index in [1.807, 2.05) is 0 Å². The maximum Gasteiger partial charge on any atom is 0.295 e. The Bertz CT molecular complexity index is 632. The highest BCUT2D eigenvalue weighted by molar-refractivity contribution is 5.77. The lowest BCUT2D eigenvalue weighted by atomic mass is 10.0. The Balaban J connectivity index is 1.79. The van der Waals surface area contributed by atoms with E-state index in [0.29, 0.717) is 29.1 Å². The Kier molecular flexibility index (Phi) is 3.30. The zero-order valence-corrected chi connectivity index (χ0v) is 11.3. The Hall–Kier alpha value is -2.11. The highest BCUT2D eigenvalue weighted by Gasteiger charge is 2.22. The summed E-state index contributed by atoms with van der Waals surface area (Å²) in [6.07, 6.45) is 5.05. The van der Waals surface area contributed by atoms with Crippen LogP contribution in [0, 0.1) is 16.0 Å². The van der Waals surface area contributed by atoms with Crippen LogP contribution in [-0.4, -0.2) is 15.9 Å². The molecule has 3 rings (SSSR count). The molecule has 1 atom stereocenters. The minimum Gasteiger partial charge on any atom is -0.424 e. The average molecular weight is 275 g/mol. The van der Waals surface area contributed by atoms with Crippen molar-refractivity contribution in [3.8, 4) is 0 Å². The number of nitro benzene ring substituents is 1. The van der Waals surface area contributed by atoms with Crippen LogP contribution in [0.25, 0.3) is 11.1 Å². The molecule has 0 aliphatic heterocycles. The summed E-state index contributed by atoms with van der Waals surface area (Å²) in [5.41, 5.74) is 1.11. The smallest absolute Gasteiger partial charge is 0.295 e. The molecular weight excluding hydrogens is 258 g/mol. The molecule has 1 heterocycles. The molecule has 0 radical (unpaired) electrons. The normalized spacial score (nSPS) is 17.4. The van der Waals surface area contributed by atoms with Gasteiger partial charge in [-0.15, -0.1) is 0 Å². The summed E-state index contributed by atoms with van der Waals surface area (Å²) in [7, 11) is 0. The number of rotatable bonds is 4. The molecule has 1 N–H and O–H groups in total. The maximum absolute atomic E-state index is 10.7. The van der Waals surface area contributed by atoms with Gasteiger partial charge in [0, 0.05) is 18.2 Å². The zero-order chi connectivity index (χ0) is 14.1. The van der Waals surface area contributed by atoms with Gasteiger partial charge in [-0.25, -0.2) is 0 Å². The number of nitro groups is 1. The molecule has 1 aromatic carbocycles. The molecule has 1 aromatic heterocycles. The fourth-order valence-electron chi connectivity index (χ4n) is 2.86. The van der Waals surface area contributed by atoms with Crippen molar-refractivity contribution in [3.63, 3.8) is 0 Å². The van der Waals surface area contributed by atoms with Crippen LogP contribution >= 0.6 is 0 Å². The van der Waals surface area contributed by atoms with Crippen LogP contribution in [0.1, 0.15) is 32.6 Å². The van der Waals surface area contributed by atoms with Gasteiger partial charge in [-0.2, -0.15) is 4.98 Å². The van der Waals surface area contributed by atoms with Gasteiger partial charge in [0.1, 0.15) is 5.52 Å². The molecule has 1 aliphatic carbocycles. The van der Waals surface area contributed by atoms with Crippen LogP contribution < -0.4 is 5.32 Å². The first-order valence-electron chi connectivity index (χ1n) is 6.95. The largest absolute Gasteiger partial charge is 0.424 e. The number of fused-ring (bicyclic) bond motifs is 1. The predicted molar refractivity (Wildman–Crippen MR) is 75.7 cm³/mol. The monoisotopic (exact) mass is 275 g/mol. The highest BCUT2D eigenvalue weighted by Crippen LogP contribution is 2.30. The van der Waals surface area contributed by atoms with E-state index in [2.05, 4.69) is 17.2 Å². The lowest BCUT2D eigenvalue weighted by molar-refractivity contribution is -0.384. The molecule has 0 saturated heterocycles. The first-order chi connectivity index (χ1) is 9.63. The van der Waals surface area contributed by atoms with Gasteiger partial charge >= 0.3 is 0 Å². The number of hydrogen-bond acceptors (Lipinski definition) is 5. The number of nitrogens with one attached hydrogen (secondary N) is 1. The standard InChI is InChI=1S/C14H17N3O3/c1-9(10-4-2-3-5-10)15-14-16-12-8-11(17(18)19)6-7-13(12)20-14/h6-10H,2-5H2,1H3,(H,15,16). The quantitative estimate of drug-likeness (QED) is 0.679. The lowest BCUT2D eigenvalue weighted by Crippen LogP contribution is -2.23. The van der Waals surface area contributed by atoms with E-state index in [4.69, 9.17) is 4.42 Å². The summed E-state index contributed by atoms with van der Waals surface area (Å²) in [6, 6.07) is 5.20. The van der Waals surface area contributed by atoms with Crippen LogP contribution in [0.5, 0.6) is 0 Å². The second-order valence-corrected chi connectivity index (χ2v) is 5.41. The average Bonchev–Trinajstić information content (AvgIpc) is 3.06. The van der Waals surface area contributed by atoms with Gasteiger partial charge in [0.15, 0.2) is 5.58 Å². The topological polar surface area (TPSA) is 81.2 Å². The molecule has 106 valence electrons. The van der Waals surface area contributed by atoms with Gasteiger partial charge in [0.25, 0.3) is 11.7 Å². The number of non-ortho nitro benzene ring substituents is 1. The minimum atomic E-state index is -0.428. The molecule has 0 amide bonds. The van der Waals surface area contributed by atoms with Crippen molar-refractivity contribution in [2.45, 2.75) is 38.6 Å². The molecule has 0 bridgehead atoms. The molecular formula is C14H17N3O3. The van der Waals surface area contributed by atoms with E-state index in [1.165, 1.54) is 37.8 Å². The fourth-order valence-corrected chi connectivity index (χ4v) is 2.86. The highest BCUT2D eigenvalue weighted by atomic mass is 16.6. The van der Waals surface area contributed by atoms with Crippen molar-refractivity contribution < 1.29 is 9.34 Å². The number of aromatic nitrogens is 1. The molecule has 6 heteroatoms. The summed E-state index contributed by atoms with van der Waals surface area (Å²) in [5.74, 6) is 0.652. The molecule has 1 saturated carbocycles. The van der Waals surface area contributed by atoms with Crippen molar-refractivity contribution in [2.24, 2.45) is 5.92 Å². The number of hydrogen-bond donors (Lipinski definition) is 1. The molecule has 1 aliphatic rings. The zero-order valence-electron chi connectivity index (χ0n) is 11.3. The Morgan fingerprint density at radius 2 is 2.20 bits per heavy atom. The lowest BCUT2D eigenvalue weighted by Gasteiger charge is -2.18. The summed E-state index contributed by atoms with van der Waals surface area (Å²) in [4.78, 5) is 14.6. The van der Waals surface area contributed by atoms with Crippen LogP contribution in [0.4, 0.5) is 11.7 Å². The van der Waals surface area contributed by atoms with Crippen molar-refractivity contribution in [1.29, 1.82) is 0 Å². The number of benzene rings is 1. The van der Waals surface area contributed by atoms with Crippen LogP contribution in [0.2, 0.25) is 0 Å². The van der Waals surface area contributed by atoms with Crippen LogP contribution in [0.3, 0.4) is 0 Å². The first kappa shape index (κ1) is 12.9. The van der Waals surface area contributed by atoms with Crippen molar-refractivity contribution in [2.75, 3.05) is 5.32 Å². The van der Waals surface area contributed by atoms with E-state index in [9.17, 15) is 10.1 Å². The van der Waals surface area contributed by atoms with Gasteiger partial charge in [0.05, 0.1) is 4.92 Å². The van der Waals surface area contributed by atoms with E-state index in [0.717, 1.165) is 0 Å². The summed E-state index contributed by atoms with van der Waals surface area (Å²) >= 11 is 0. The number of anilines is 1. The van der Waals surface area contributed by atoms with Gasteiger partial charge in [0.2, 0.25) is 0 Å². The Morgan fingerprint density at radius 1 is 1.45 bits per heavy atom. The third kappa shape index (κ3) is 2.45. The van der Waals surface area contributed by atoms with Gasteiger partial charge < -0.3 is 9.73 Å². The second kappa shape index (κ2) is 5.11. The van der Waals surface area contributed by atoms with Crippen LogP contribution in [0.15, 0.2) is 22.6 Å². The number of nitrogens with zero attached hydrogens (tertiary/aromatic N) is 2. The number of oxazole rings is 1. The summed E-state index contributed by atoms with van der Waals surface area (Å²) in [6.45, 7) is 2.13. The maximum atomic E-state index is 10.7. The molecule has 6 nitrogen and oxygen atoms in total. The molecule has 1 unspecified atom stereocenters. The molecule has 1 fully saturated rings. The molecule has 20 heavy (non-hydrogen) atoms. The van der Waals surface area contributed by atoms with Gasteiger partial charge in [-0.1, -0.05) is 12.8 Å². The third-order valence-corrected chi connectivity index (χ3v) is 4.04. The SMILES string of the molecule is CC(Nc1nc2cc([N+](=O)[O-])ccc2o1)C1CCCC1. The second-order valence-electron chi connectivity index (χ2n) is 5.41. The van der Waals surface area contributed by atoms with Crippen molar-refractivity contribution in [1.82, 2.24) is 4.98 Å². The Morgan fingerprint density at radius 3 is 2.90 bits per heavy atom. The minimum absolute atomic E-state index is 0.0289. The Labute approximate surface area is 116 Å². The third-order valence-electron chi connectivity index (χ3n) is 4.04. The summed E-state index contributed by atoms with van der Waals surface area (Å²) < 4.78 is 5.59. The summed E-state index contributed by atoms with van der Waals surface area (Å²) in [5, 5.41) is 14.0. The van der Waals surface area contributed by atoms with Crippen LogP contribution in [-0.2, 0) is 0 Å². The van der Waals surface area contributed by atoms with Gasteiger partial charge in [-0.05, 0) is 31.7 Å². The van der Waals surface area contributed by atoms with Crippen molar-refractivity contribution >= 4 is 22.8 Å². The molecule has 2 aromatic rings. The van der Waals surface area contributed by atoms with E-state index in [-0.39, 0.29) is 5.69 Å². The van der Waals surface area contributed by atoms with E-state index >= 15 is 0 Å². The predicted octanol–water partition coefficient (Wildman–Crippen LogP) is 3.73. The van der Waals surface area contributed by atoms with E-state index < -0.39 is 4.92 Å². The van der Waals surface area contributed by atoms with Crippen molar-refractivity contribution in [3.05, 3.63) is 28.3 Å².